The molecular formula is C14H15N5O. The van der Waals surface area contributed by atoms with Gasteiger partial charge in [0.1, 0.15) is 11.8 Å². The highest BCUT2D eigenvalue weighted by molar-refractivity contribution is 5.92. The highest BCUT2D eigenvalue weighted by Crippen LogP contribution is 2.01. The fraction of sp³-hybridized carbons (Fsp3) is 0.286. The summed E-state index contributed by atoms with van der Waals surface area (Å²) in [7, 11) is 0. The molecule has 6 heteroatoms. The molecule has 0 bridgehead atoms. The van der Waals surface area contributed by atoms with E-state index in [1.807, 2.05) is 23.8 Å². The lowest BCUT2D eigenvalue weighted by molar-refractivity contribution is 0.0942. The van der Waals surface area contributed by atoms with Crippen molar-refractivity contribution in [3.63, 3.8) is 0 Å². The Bertz CT molecular complexity index is 597. The molecule has 1 atom stereocenters. The minimum atomic E-state index is -0.230. The van der Waals surface area contributed by atoms with E-state index in [2.05, 4.69) is 15.3 Å². The van der Waals surface area contributed by atoms with Gasteiger partial charge in [0.25, 0.3) is 5.91 Å². The van der Waals surface area contributed by atoms with Crippen molar-refractivity contribution in [2.24, 2.45) is 5.92 Å². The van der Waals surface area contributed by atoms with Crippen molar-refractivity contribution in [3.8, 4) is 6.07 Å². The summed E-state index contributed by atoms with van der Waals surface area (Å²) < 4.78 is 1.97. The Kier molecular flexibility index (Phi) is 4.45. The monoisotopic (exact) mass is 269 g/mol. The van der Waals surface area contributed by atoms with Gasteiger partial charge in [-0.15, -0.1) is 0 Å². The molecule has 2 heterocycles. The van der Waals surface area contributed by atoms with E-state index in [9.17, 15) is 4.79 Å². The molecule has 1 N–H and O–H groups in total. The quantitative estimate of drug-likeness (QED) is 0.884. The van der Waals surface area contributed by atoms with Crippen molar-refractivity contribution in [1.82, 2.24) is 19.9 Å². The summed E-state index contributed by atoms with van der Waals surface area (Å²) in [6.07, 6.45) is 6.76. The number of nitriles is 1. The van der Waals surface area contributed by atoms with Gasteiger partial charge in [0, 0.05) is 31.7 Å². The fourth-order valence-electron chi connectivity index (χ4n) is 1.77. The van der Waals surface area contributed by atoms with Crippen LogP contribution in [0.25, 0.3) is 0 Å². The molecule has 0 aliphatic rings. The largest absolute Gasteiger partial charge is 0.350 e. The van der Waals surface area contributed by atoms with E-state index < -0.39 is 0 Å². The van der Waals surface area contributed by atoms with Gasteiger partial charge in [-0.25, -0.2) is 9.97 Å². The third-order valence-corrected chi connectivity index (χ3v) is 2.82. The highest BCUT2D eigenvalue weighted by atomic mass is 16.1. The molecule has 0 aliphatic carbocycles. The van der Waals surface area contributed by atoms with Gasteiger partial charge in [-0.05, 0) is 18.1 Å². The maximum absolute atomic E-state index is 11.9. The lowest BCUT2D eigenvalue weighted by atomic mass is 10.2. The van der Waals surface area contributed by atoms with Crippen LogP contribution in [0.3, 0.4) is 0 Å². The second kappa shape index (κ2) is 6.48. The van der Waals surface area contributed by atoms with Crippen LogP contribution in [0, 0.1) is 17.2 Å². The van der Waals surface area contributed by atoms with Gasteiger partial charge in [-0.1, -0.05) is 6.92 Å². The van der Waals surface area contributed by atoms with Gasteiger partial charge < -0.3 is 9.88 Å². The number of rotatable bonds is 5. The van der Waals surface area contributed by atoms with E-state index in [1.54, 1.807) is 24.7 Å². The molecule has 6 nitrogen and oxygen atoms in total. The second-order valence-corrected chi connectivity index (χ2v) is 4.62. The summed E-state index contributed by atoms with van der Waals surface area (Å²) in [5, 5.41) is 11.5. The minimum Gasteiger partial charge on any atom is -0.350 e. The predicted molar refractivity (Wildman–Crippen MR) is 72.7 cm³/mol. The standard InChI is InChI=1S/C14H15N5O/c1-11(9-19-5-4-16-10-19)7-18-14(20)13-3-2-12(6-15)8-17-13/h2-5,8,10-11H,7,9H2,1H3,(H,18,20)/t11-/m0/s1. The van der Waals surface area contributed by atoms with Crippen LogP contribution in [0.1, 0.15) is 23.0 Å². The van der Waals surface area contributed by atoms with E-state index in [4.69, 9.17) is 5.26 Å². The molecule has 102 valence electrons. The number of hydrogen-bond acceptors (Lipinski definition) is 4. The Morgan fingerprint density at radius 3 is 3.00 bits per heavy atom. The number of imidazole rings is 1. The fourth-order valence-corrected chi connectivity index (χ4v) is 1.77. The average molecular weight is 269 g/mol. The van der Waals surface area contributed by atoms with Crippen molar-refractivity contribution in [2.45, 2.75) is 13.5 Å². The molecule has 2 aromatic rings. The van der Waals surface area contributed by atoms with Gasteiger partial charge >= 0.3 is 0 Å². The van der Waals surface area contributed by atoms with Crippen molar-refractivity contribution >= 4 is 5.91 Å². The number of aromatic nitrogens is 3. The summed E-state index contributed by atoms with van der Waals surface area (Å²) in [6.45, 7) is 3.40. The van der Waals surface area contributed by atoms with Gasteiger partial charge in [0.15, 0.2) is 0 Å². The minimum absolute atomic E-state index is 0.230. The molecule has 0 spiro atoms. The molecule has 0 radical (unpaired) electrons. The Hall–Kier alpha value is -2.68. The topological polar surface area (TPSA) is 83.6 Å². The predicted octanol–water partition coefficient (Wildman–Crippen LogP) is 1.22. The molecule has 0 aliphatic heterocycles. The third-order valence-electron chi connectivity index (χ3n) is 2.82. The highest BCUT2D eigenvalue weighted by Gasteiger charge is 2.09. The number of pyridine rings is 1. The molecule has 20 heavy (non-hydrogen) atoms. The normalized spacial score (nSPS) is 11.6. The molecule has 1 amide bonds. The van der Waals surface area contributed by atoms with Crippen molar-refractivity contribution in [2.75, 3.05) is 6.54 Å². The van der Waals surface area contributed by atoms with Crippen LogP contribution in [0.15, 0.2) is 37.1 Å². The van der Waals surface area contributed by atoms with E-state index in [1.165, 1.54) is 6.20 Å². The van der Waals surface area contributed by atoms with Crippen LogP contribution in [0.4, 0.5) is 0 Å². The van der Waals surface area contributed by atoms with E-state index in [0.29, 0.717) is 17.8 Å². The molecule has 0 fully saturated rings. The number of nitrogens with one attached hydrogen (secondary N) is 1. The number of carbonyl (C=O) groups is 1. The zero-order valence-electron chi connectivity index (χ0n) is 11.2. The van der Waals surface area contributed by atoms with Gasteiger partial charge in [0.2, 0.25) is 0 Å². The number of carbonyl (C=O) groups excluding carboxylic acids is 1. The zero-order chi connectivity index (χ0) is 14.4. The van der Waals surface area contributed by atoms with Crippen LogP contribution < -0.4 is 5.32 Å². The van der Waals surface area contributed by atoms with Crippen LogP contribution >= 0.6 is 0 Å². The summed E-state index contributed by atoms with van der Waals surface area (Å²) in [4.78, 5) is 19.8. The first kappa shape index (κ1) is 13.7. The van der Waals surface area contributed by atoms with E-state index in [-0.39, 0.29) is 11.8 Å². The number of hydrogen-bond donors (Lipinski definition) is 1. The lowest BCUT2D eigenvalue weighted by Crippen LogP contribution is -2.30. The number of amides is 1. The molecule has 0 aromatic carbocycles. The van der Waals surface area contributed by atoms with Crippen LogP contribution in [0.2, 0.25) is 0 Å². The van der Waals surface area contributed by atoms with Gasteiger partial charge in [-0.2, -0.15) is 5.26 Å². The summed E-state index contributed by atoms with van der Waals surface area (Å²) >= 11 is 0. The molecule has 2 rings (SSSR count). The van der Waals surface area contributed by atoms with Crippen molar-refractivity contribution in [1.29, 1.82) is 5.26 Å². The van der Waals surface area contributed by atoms with Gasteiger partial charge in [0.05, 0.1) is 11.9 Å². The maximum atomic E-state index is 11.9. The number of nitrogens with zero attached hydrogens (tertiary/aromatic N) is 4. The van der Waals surface area contributed by atoms with Crippen molar-refractivity contribution < 1.29 is 4.79 Å². The second-order valence-electron chi connectivity index (χ2n) is 4.62. The SMILES string of the molecule is C[C@@H](CNC(=O)c1ccc(C#N)cn1)Cn1ccnc1. The molecular weight excluding hydrogens is 254 g/mol. The first-order valence-electron chi connectivity index (χ1n) is 6.29. The Balaban J connectivity index is 1.83. The Morgan fingerprint density at radius 2 is 2.40 bits per heavy atom. The average Bonchev–Trinajstić information content (AvgIpc) is 2.97. The third kappa shape index (κ3) is 3.65. The zero-order valence-corrected chi connectivity index (χ0v) is 11.2. The van der Waals surface area contributed by atoms with Crippen molar-refractivity contribution in [3.05, 3.63) is 48.3 Å². The molecule has 0 unspecified atom stereocenters. The molecule has 0 saturated carbocycles. The molecule has 0 saturated heterocycles. The van der Waals surface area contributed by atoms with Crippen LogP contribution in [-0.2, 0) is 6.54 Å². The lowest BCUT2D eigenvalue weighted by Gasteiger charge is -2.12. The maximum Gasteiger partial charge on any atom is 0.269 e. The smallest absolute Gasteiger partial charge is 0.269 e. The first-order chi connectivity index (χ1) is 9.69. The van der Waals surface area contributed by atoms with E-state index in [0.717, 1.165) is 6.54 Å². The van der Waals surface area contributed by atoms with Crippen LogP contribution in [-0.4, -0.2) is 27.0 Å². The molecule has 2 aromatic heterocycles. The Morgan fingerprint density at radius 1 is 1.55 bits per heavy atom. The first-order valence-corrected chi connectivity index (χ1v) is 6.29. The summed E-state index contributed by atoms with van der Waals surface area (Å²) in [5.74, 6) is 0.0542. The summed E-state index contributed by atoms with van der Waals surface area (Å²) in [5.41, 5.74) is 0.758. The summed E-state index contributed by atoms with van der Waals surface area (Å²) in [6, 6.07) is 5.10. The van der Waals surface area contributed by atoms with E-state index >= 15 is 0 Å². The Labute approximate surface area is 117 Å². The van der Waals surface area contributed by atoms with Crippen LogP contribution in [0.5, 0.6) is 0 Å². The van der Waals surface area contributed by atoms with Gasteiger partial charge in [-0.3, -0.25) is 4.79 Å².